The third-order valence-corrected chi connectivity index (χ3v) is 3.32. The van der Waals surface area contributed by atoms with Crippen LogP contribution in [0.1, 0.15) is 28.4 Å². The number of aryl methyl sites for hydroxylation is 1. The maximum Gasteiger partial charge on any atom is 0.273 e. The second kappa shape index (κ2) is 6.69. The van der Waals surface area contributed by atoms with Crippen LogP contribution in [0.4, 0.5) is 11.4 Å². The van der Waals surface area contributed by atoms with Crippen LogP contribution in [0.25, 0.3) is 0 Å². The maximum absolute atomic E-state index is 12.1. The summed E-state index contributed by atoms with van der Waals surface area (Å²) in [4.78, 5) is 22.5. The monoisotopic (exact) mass is 312 g/mol. The number of nitrogens with one attached hydrogen (secondary N) is 1. The fourth-order valence-electron chi connectivity index (χ4n) is 1.94. The van der Waals surface area contributed by atoms with Crippen LogP contribution in [-0.2, 0) is 0 Å². The molecule has 2 rings (SSSR count). The Morgan fingerprint density at radius 3 is 2.39 bits per heavy atom. The summed E-state index contributed by atoms with van der Waals surface area (Å²) >= 11 is 0. The van der Waals surface area contributed by atoms with Gasteiger partial charge in [-0.25, -0.2) is 5.43 Å². The summed E-state index contributed by atoms with van der Waals surface area (Å²) in [6.45, 7) is 3.35. The van der Waals surface area contributed by atoms with Crippen molar-refractivity contribution in [3.8, 4) is 0 Å². The molecule has 0 aliphatic heterocycles. The zero-order valence-electron chi connectivity index (χ0n) is 12.7. The van der Waals surface area contributed by atoms with Crippen LogP contribution in [0.15, 0.2) is 47.6 Å². The number of nitro groups is 1. The average molecular weight is 312 g/mol. The highest BCUT2D eigenvalue weighted by Gasteiger charge is 2.14. The number of rotatable bonds is 4. The van der Waals surface area contributed by atoms with Gasteiger partial charge in [-0.1, -0.05) is 18.2 Å². The van der Waals surface area contributed by atoms with E-state index in [0.29, 0.717) is 17.0 Å². The smallest absolute Gasteiger partial charge is 0.273 e. The van der Waals surface area contributed by atoms with Crippen LogP contribution in [0.2, 0.25) is 0 Å². The van der Waals surface area contributed by atoms with Gasteiger partial charge < -0.3 is 5.73 Å². The van der Waals surface area contributed by atoms with Crippen molar-refractivity contribution in [3.63, 3.8) is 0 Å². The molecule has 0 aliphatic rings. The molecule has 0 radical (unpaired) electrons. The number of nitro benzene ring substituents is 1. The maximum atomic E-state index is 12.1. The Labute approximate surface area is 133 Å². The third-order valence-electron chi connectivity index (χ3n) is 3.32. The Balaban J connectivity index is 2.16. The highest BCUT2D eigenvalue weighted by molar-refractivity contribution is 6.01. The van der Waals surface area contributed by atoms with Crippen molar-refractivity contribution in [1.82, 2.24) is 5.43 Å². The second-order valence-electron chi connectivity index (χ2n) is 5.02. The van der Waals surface area contributed by atoms with Crippen molar-refractivity contribution in [2.45, 2.75) is 13.8 Å². The summed E-state index contributed by atoms with van der Waals surface area (Å²) in [6, 6.07) is 11.3. The zero-order valence-corrected chi connectivity index (χ0v) is 12.7. The molecule has 0 atom stereocenters. The molecular formula is C16H16N4O3. The molecule has 0 aliphatic carbocycles. The molecule has 0 saturated carbocycles. The molecule has 3 N–H and O–H groups in total. The van der Waals surface area contributed by atoms with Crippen LogP contribution < -0.4 is 11.2 Å². The Hall–Kier alpha value is -3.22. The largest absolute Gasteiger partial charge is 0.399 e. The van der Waals surface area contributed by atoms with Crippen LogP contribution in [-0.4, -0.2) is 16.5 Å². The number of nitrogens with zero attached hydrogens (tertiary/aromatic N) is 2. The Morgan fingerprint density at radius 2 is 1.78 bits per heavy atom. The number of nitrogens with two attached hydrogens (primary N) is 1. The molecule has 0 aromatic heterocycles. The fourth-order valence-corrected chi connectivity index (χ4v) is 1.94. The number of hydrogen-bond donors (Lipinski definition) is 2. The van der Waals surface area contributed by atoms with E-state index in [0.717, 1.165) is 5.56 Å². The van der Waals surface area contributed by atoms with Crippen LogP contribution in [0.3, 0.4) is 0 Å². The van der Waals surface area contributed by atoms with Gasteiger partial charge in [0.05, 0.1) is 10.6 Å². The minimum absolute atomic E-state index is 0.100. The van der Waals surface area contributed by atoms with E-state index in [1.807, 2.05) is 0 Å². The number of carbonyl (C=O) groups excluding carboxylic acids is 1. The van der Waals surface area contributed by atoms with Crippen LogP contribution >= 0.6 is 0 Å². The Bertz CT molecular complexity index is 782. The van der Waals surface area contributed by atoms with Gasteiger partial charge in [0.15, 0.2) is 0 Å². The van der Waals surface area contributed by atoms with Gasteiger partial charge in [0.2, 0.25) is 0 Å². The molecule has 0 unspecified atom stereocenters. The fraction of sp³-hybridized carbons (Fsp3) is 0.125. The lowest BCUT2D eigenvalue weighted by Crippen LogP contribution is -2.19. The van der Waals surface area contributed by atoms with Crippen molar-refractivity contribution in [3.05, 3.63) is 69.3 Å². The minimum Gasteiger partial charge on any atom is -0.399 e. The van der Waals surface area contributed by atoms with E-state index in [2.05, 4.69) is 10.5 Å². The molecule has 0 fully saturated rings. The number of amides is 1. The third kappa shape index (κ3) is 3.91. The van der Waals surface area contributed by atoms with E-state index in [1.54, 1.807) is 38.1 Å². The van der Waals surface area contributed by atoms with Gasteiger partial charge in [0.1, 0.15) is 0 Å². The molecule has 23 heavy (non-hydrogen) atoms. The molecule has 0 bridgehead atoms. The second-order valence-corrected chi connectivity index (χ2v) is 5.02. The predicted molar refractivity (Wildman–Crippen MR) is 88.4 cm³/mol. The highest BCUT2D eigenvalue weighted by atomic mass is 16.6. The first-order chi connectivity index (χ1) is 10.9. The van der Waals surface area contributed by atoms with Crippen molar-refractivity contribution >= 4 is 23.0 Å². The van der Waals surface area contributed by atoms with Crippen molar-refractivity contribution < 1.29 is 9.72 Å². The van der Waals surface area contributed by atoms with E-state index in [-0.39, 0.29) is 11.3 Å². The number of hydrogen-bond acceptors (Lipinski definition) is 5. The lowest BCUT2D eigenvalue weighted by atomic mass is 10.1. The van der Waals surface area contributed by atoms with Crippen molar-refractivity contribution in [2.24, 2.45) is 5.10 Å². The molecule has 2 aromatic rings. The highest BCUT2D eigenvalue weighted by Crippen LogP contribution is 2.19. The first-order valence-electron chi connectivity index (χ1n) is 6.84. The van der Waals surface area contributed by atoms with E-state index in [1.165, 1.54) is 18.2 Å². The molecule has 1 amide bonds. The Morgan fingerprint density at radius 1 is 1.17 bits per heavy atom. The summed E-state index contributed by atoms with van der Waals surface area (Å²) in [5, 5.41) is 14.9. The number of hydrazone groups is 1. The van der Waals surface area contributed by atoms with Crippen LogP contribution in [0, 0.1) is 17.0 Å². The van der Waals surface area contributed by atoms with Gasteiger partial charge in [-0.3, -0.25) is 14.9 Å². The average Bonchev–Trinajstić information content (AvgIpc) is 2.53. The minimum atomic E-state index is -0.519. The molecule has 0 spiro atoms. The predicted octanol–water partition coefficient (Wildman–Crippen LogP) is 2.64. The standard InChI is InChI=1S/C16H16N4O3/c1-10-3-4-13(9-15(10)20(22)23)16(21)19-18-11(2)12-5-7-14(17)8-6-12/h3-9H,17H2,1-2H3,(H,19,21). The number of anilines is 1. The number of nitrogen functional groups attached to an aromatic ring is 1. The van der Waals surface area contributed by atoms with Gasteiger partial charge in [0, 0.05) is 22.9 Å². The van der Waals surface area contributed by atoms with Crippen molar-refractivity contribution in [2.75, 3.05) is 5.73 Å². The number of carbonyl (C=O) groups is 1. The van der Waals surface area contributed by atoms with Gasteiger partial charge in [-0.05, 0) is 37.6 Å². The lowest BCUT2D eigenvalue weighted by Gasteiger charge is -2.04. The topological polar surface area (TPSA) is 111 Å². The van der Waals surface area contributed by atoms with Crippen LogP contribution in [0.5, 0.6) is 0 Å². The lowest BCUT2D eigenvalue weighted by molar-refractivity contribution is -0.385. The summed E-state index contributed by atoms with van der Waals surface area (Å²) < 4.78 is 0. The summed E-state index contributed by atoms with van der Waals surface area (Å²) in [6.07, 6.45) is 0. The first-order valence-corrected chi connectivity index (χ1v) is 6.84. The van der Waals surface area contributed by atoms with E-state index in [9.17, 15) is 14.9 Å². The zero-order chi connectivity index (χ0) is 17.0. The normalized spacial score (nSPS) is 11.1. The molecule has 0 saturated heterocycles. The van der Waals surface area contributed by atoms with Gasteiger partial charge >= 0.3 is 0 Å². The molecule has 7 heteroatoms. The van der Waals surface area contributed by atoms with Gasteiger partial charge in [-0.2, -0.15) is 5.10 Å². The van der Waals surface area contributed by atoms with E-state index < -0.39 is 10.8 Å². The number of benzene rings is 2. The molecule has 0 heterocycles. The molecule has 2 aromatic carbocycles. The van der Waals surface area contributed by atoms with E-state index >= 15 is 0 Å². The molecule has 118 valence electrons. The quantitative estimate of drug-likeness (QED) is 0.391. The van der Waals surface area contributed by atoms with Gasteiger partial charge in [0.25, 0.3) is 11.6 Å². The summed E-state index contributed by atoms with van der Waals surface area (Å²) in [5.74, 6) is -0.511. The van der Waals surface area contributed by atoms with Crippen molar-refractivity contribution in [1.29, 1.82) is 0 Å². The SMILES string of the molecule is CC(=NNC(=O)c1ccc(C)c([N+](=O)[O-])c1)c1ccc(N)cc1. The molecular weight excluding hydrogens is 296 g/mol. The first kappa shape index (κ1) is 16.2. The van der Waals surface area contributed by atoms with Gasteiger partial charge in [-0.15, -0.1) is 0 Å². The Kier molecular flexibility index (Phi) is 4.70. The summed E-state index contributed by atoms with van der Waals surface area (Å²) in [5.41, 5.74) is 10.6. The molecule has 7 nitrogen and oxygen atoms in total. The summed E-state index contributed by atoms with van der Waals surface area (Å²) in [7, 11) is 0. The van der Waals surface area contributed by atoms with E-state index in [4.69, 9.17) is 5.73 Å².